The number of amides is 1. The quantitative estimate of drug-likeness (QED) is 0.539. The number of hydrogen-bond donors (Lipinski definition) is 2. The van der Waals surface area contributed by atoms with Crippen molar-refractivity contribution in [2.24, 2.45) is 17.8 Å². The highest BCUT2D eigenvalue weighted by Crippen LogP contribution is 2.43. The van der Waals surface area contributed by atoms with Gasteiger partial charge in [-0.3, -0.25) is 4.79 Å². The average molecular weight is 234 g/mol. The molecule has 2 fully saturated rings. The van der Waals surface area contributed by atoms with Crippen LogP contribution in [0.15, 0.2) is 12.2 Å². The normalized spacial score (nSPS) is 34.2. The minimum Gasteiger partial charge on any atom is -0.356 e. The molecular weight excluding hydrogens is 212 g/mol. The monoisotopic (exact) mass is 234 g/mol. The van der Waals surface area contributed by atoms with Crippen LogP contribution in [0.25, 0.3) is 0 Å². The van der Waals surface area contributed by atoms with Crippen LogP contribution in [0.3, 0.4) is 0 Å². The first kappa shape index (κ1) is 11.3. The Bertz CT molecular complexity index is 322. The predicted octanol–water partition coefficient (Wildman–Crippen LogP) is 1.46. The zero-order chi connectivity index (χ0) is 11.7. The average Bonchev–Trinajstić information content (AvgIpc) is 2.91. The molecule has 0 aromatic carbocycles. The summed E-state index contributed by atoms with van der Waals surface area (Å²) in [6.45, 7) is 1.87. The number of nitrogens with one attached hydrogen (secondary N) is 2. The summed E-state index contributed by atoms with van der Waals surface area (Å²) in [5.74, 6) is 1.77. The van der Waals surface area contributed by atoms with Crippen LogP contribution in [0.4, 0.5) is 0 Å². The van der Waals surface area contributed by atoms with Gasteiger partial charge in [0, 0.05) is 18.5 Å². The predicted molar refractivity (Wildman–Crippen MR) is 67.5 cm³/mol. The Labute approximate surface area is 103 Å². The Morgan fingerprint density at radius 2 is 2.06 bits per heavy atom. The molecule has 3 aliphatic carbocycles. The van der Waals surface area contributed by atoms with Crippen LogP contribution in [0.1, 0.15) is 32.1 Å². The molecule has 0 aromatic heterocycles. The first-order chi connectivity index (χ1) is 8.33. The van der Waals surface area contributed by atoms with Gasteiger partial charge < -0.3 is 10.6 Å². The molecule has 3 rings (SSSR count). The van der Waals surface area contributed by atoms with Gasteiger partial charge in [-0.2, -0.15) is 0 Å². The summed E-state index contributed by atoms with van der Waals surface area (Å²) < 4.78 is 0. The van der Waals surface area contributed by atoms with Crippen molar-refractivity contribution in [1.29, 1.82) is 0 Å². The van der Waals surface area contributed by atoms with Crippen molar-refractivity contribution in [3.63, 3.8) is 0 Å². The standard InChI is InChI=1S/C14H22N2O/c17-14(13-9-10-2-3-11(13)8-10)16-7-1-6-15-12-4-5-12/h2-3,10-13,15H,1,4-9H2,(H,16,17). The Balaban J connectivity index is 1.31. The van der Waals surface area contributed by atoms with Gasteiger partial charge in [-0.15, -0.1) is 0 Å². The van der Waals surface area contributed by atoms with Crippen molar-refractivity contribution in [3.8, 4) is 0 Å². The van der Waals surface area contributed by atoms with Gasteiger partial charge in [-0.05, 0) is 50.5 Å². The summed E-state index contributed by atoms with van der Waals surface area (Å²) in [5.41, 5.74) is 0. The third-order valence-corrected chi connectivity index (χ3v) is 4.28. The number of carbonyl (C=O) groups is 1. The van der Waals surface area contributed by atoms with Gasteiger partial charge in [-0.1, -0.05) is 12.2 Å². The van der Waals surface area contributed by atoms with E-state index in [4.69, 9.17) is 0 Å². The van der Waals surface area contributed by atoms with E-state index in [9.17, 15) is 4.79 Å². The minimum absolute atomic E-state index is 0.265. The molecular formula is C14H22N2O. The molecule has 0 radical (unpaired) electrons. The molecule has 0 heterocycles. The molecule has 94 valence electrons. The molecule has 0 spiro atoms. The molecule has 2 N–H and O–H groups in total. The molecule has 17 heavy (non-hydrogen) atoms. The van der Waals surface area contributed by atoms with E-state index in [2.05, 4.69) is 22.8 Å². The smallest absolute Gasteiger partial charge is 0.223 e. The lowest BCUT2D eigenvalue weighted by molar-refractivity contribution is -0.125. The van der Waals surface area contributed by atoms with Gasteiger partial charge in [-0.25, -0.2) is 0 Å². The van der Waals surface area contributed by atoms with E-state index >= 15 is 0 Å². The second-order valence-electron chi connectivity index (χ2n) is 5.76. The Kier molecular flexibility index (Phi) is 3.19. The Hall–Kier alpha value is -0.830. The first-order valence-corrected chi connectivity index (χ1v) is 7.02. The van der Waals surface area contributed by atoms with E-state index < -0.39 is 0 Å². The van der Waals surface area contributed by atoms with Gasteiger partial charge in [0.05, 0.1) is 0 Å². The Morgan fingerprint density at radius 3 is 2.71 bits per heavy atom. The fraction of sp³-hybridized carbons (Fsp3) is 0.786. The molecule has 1 amide bonds. The summed E-state index contributed by atoms with van der Waals surface area (Å²) in [5, 5.41) is 6.56. The molecule has 0 saturated heterocycles. The zero-order valence-electron chi connectivity index (χ0n) is 10.3. The summed E-state index contributed by atoms with van der Waals surface area (Å²) in [6, 6.07) is 0.779. The second kappa shape index (κ2) is 4.81. The van der Waals surface area contributed by atoms with Crippen LogP contribution in [0.5, 0.6) is 0 Å². The lowest BCUT2D eigenvalue weighted by Gasteiger charge is -2.17. The fourth-order valence-electron chi connectivity index (χ4n) is 3.11. The molecule has 3 atom stereocenters. The molecule has 3 unspecified atom stereocenters. The van der Waals surface area contributed by atoms with E-state index in [1.165, 1.54) is 19.3 Å². The maximum Gasteiger partial charge on any atom is 0.223 e. The summed E-state index contributed by atoms with van der Waals surface area (Å²) in [6.07, 6.45) is 10.5. The van der Waals surface area contributed by atoms with Crippen molar-refractivity contribution < 1.29 is 4.79 Å². The largest absolute Gasteiger partial charge is 0.356 e. The second-order valence-corrected chi connectivity index (χ2v) is 5.76. The Morgan fingerprint density at radius 1 is 1.18 bits per heavy atom. The molecule has 0 aromatic rings. The van der Waals surface area contributed by atoms with E-state index in [1.807, 2.05) is 0 Å². The van der Waals surface area contributed by atoms with Crippen LogP contribution in [-0.4, -0.2) is 25.0 Å². The highest BCUT2D eigenvalue weighted by atomic mass is 16.1. The minimum atomic E-state index is 0.265. The maximum atomic E-state index is 12.0. The number of rotatable bonds is 6. The molecule has 3 aliphatic rings. The van der Waals surface area contributed by atoms with Gasteiger partial charge in [0.1, 0.15) is 0 Å². The van der Waals surface area contributed by atoms with Crippen molar-refractivity contribution in [1.82, 2.24) is 10.6 Å². The zero-order valence-corrected chi connectivity index (χ0v) is 10.3. The highest BCUT2D eigenvalue weighted by Gasteiger charge is 2.39. The van der Waals surface area contributed by atoms with Gasteiger partial charge in [0.2, 0.25) is 5.91 Å². The summed E-state index contributed by atoms with van der Waals surface area (Å²) in [4.78, 5) is 12.0. The topological polar surface area (TPSA) is 41.1 Å². The van der Waals surface area contributed by atoms with Crippen molar-refractivity contribution in [2.75, 3.05) is 13.1 Å². The molecule has 3 heteroatoms. The van der Waals surface area contributed by atoms with Crippen LogP contribution in [0.2, 0.25) is 0 Å². The third kappa shape index (κ3) is 2.71. The van der Waals surface area contributed by atoms with Gasteiger partial charge in [0.15, 0.2) is 0 Å². The van der Waals surface area contributed by atoms with E-state index in [1.54, 1.807) is 0 Å². The van der Waals surface area contributed by atoms with Crippen LogP contribution >= 0.6 is 0 Å². The maximum absolute atomic E-state index is 12.0. The van der Waals surface area contributed by atoms with Crippen LogP contribution < -0.4 is 10.6 Å². The van der Waals surface area contributed by atoms with Crippen molar-refractivity contribution in [3.05, 3.63) is 12.2 Å². The molecule has 3 nitrogen and oxygen atoms in total. The number of hydrogen-bond acceptors (Lipinski definition) is 2. The SMILES string of the molecule is O=C(NCCCNC1CC1)C1CC2C=CC1C2. The molecule has 2 bridgehead atoms. The summed E-state index contributed by atoms with van der Waals surface area (Å²) >= 11 is 0. The third-order valence-electron chi connectivity index (χ3n) is 4.28. The van der Waals surface area contributed by atoms with Crippen molar-refractivity contribution >= 4 is 5.91 Å². The highest BCUT2D eigenvalue weighted by molar-refractivity contribution is 5.79. The number of carbonyl (C=O) groups excluding carboxylic acids is 1. The fourth-order valence-corrected chi connectivity index (χ4v) is 3.11. The lowest BCUT2D eigenvalue weighted by atomic mass is 9.93. The van der Waals surface area contributed by atoms with Gasteiger partial charge in [0.25, 0.3) is 0 Å². The van der Waals surface area contributed by atoms with Crippen LogP contribution in [-0.2, 0) is 4.79 Å². The molecule has 2 saturated carbocycles. The van der Waals surface area contributed by atoms with E-state index in [0.717, 1.165) is 32.0 Å². The van der Waals surface area contributed by atoms with Gasteiger partial charge >= 0.3 is 0 Å². The first-order valence-electron chi connectivity index (χ1n) is 7.02. The van der Waals surface area contributed by atoms with Crippen molar-refractivity contribution in [2.45, 2.75) is 38.1 Å². The summed E-state index contributed by atoms with van der Waals surface area (Å²) in [7, 11) is 0. The van der Waals surface area contributed by atoms with Crippen LogP contribution in [0, 0.1) is 17.8 Å². The lowest BCUT2D eigenvalue weighted by Crippen LogP contribution is -2.34. The van der Waals surface area contributed by atoms with E-state index in [0.29, 0.717) is 11.8 Å². The van der Waals surface area contributed by atoms with E-state index in [-0.39, 0.29) is 11.8 Å². The molecule has 0 aliphatic heterocycles. The number of allylic oxidation sites excluding steroid dienone is 2. The number of fused-ring (bicyclic) bond motifs is 2.